The molecule has 1 heterocycles. The van der Waals surface area contributed by atoms with Crippen LogP contribution in [0.25, 0.3) is 0 Å². The Morgan fingerprint density at radius 2 is 2.22 bits per heavy atom. The molecule has 6 heteroatoms. The first-order chi connectivity index (χ1) is 8.56. The fraction of sp³-hybridized carbons (Fsp3) is 0.500. The summed E-state index contributed by atoms with van der Waals surface area (Å²) < 4.78 is 0. The van der Waals surface area contributed by atoms with E-state index in [0.717, 1.165) is 19.3 Å². The Kier molecular flexibility index (Phi) is 4.10. The molecular formula is C12H14Cl2N2O2. The van der Waals surface area contributed by atoms with Crippen LogP contribution < -0.4 is 5.32 Å². The average molecular weight is 289 g/mol. The normalized spacial score (nSPS) is 16.4. The van der Waals surface area contributed by atoms with Gasteiger partial charge in [-0.2, -0.15) is 0 Å². The van der Waals surface area contributed by atoms with Crippen LogP contribution in [0.4, 0.5) is 0 Å². The van der Waals surface area contributed by atoms with Crippen LogP contribution in [0.15, 0.2) is 12.3 Å². The lowest BCUT2D eigenvalue weighted by Crippen LogP contribution is -2.31. The van der Waals surface area contributed by atoms with Gasteiger partial charge >= 0.3 is 0 Å². The van der Waals surface area contributed by atoms with Crippen LogP contribution in [-0.2, 0) is 0 Å². The number of pyridine rings is 1. The predicted octanol–water partition coefficient (Wildman–Crippen LogP) is 2.28. The number of hydrogen-bond donors (Lipinski definition) is 2. The maximum absolute atomic E-state index is 12.0. The minimum Gasteiger partial charge on any atom is -0.396 e. The summed E-state index contributed by atoms with van der Waals surface area (Å²) in [5.74, 6) is -0.256. The van der Waals surface area contributed by atoms with Crippen molar-refractivity contribution >= 4 is 29.1 Å². The van der Waals surface area contributed by atoms with E-state index in [9.17, 15) is 4.79 Å². The lowest BCUT2D eigenvalue weighted by Gasteiger charge is -2.14. The zero-order valence-electron chi connectivity index (χ0n) is 9.75. The van der Waals surface area contributed by atoms with Crippen molar-refractivity contribution in [2.75, 3.05) is 13.2 Å². The Balaban J connectivity index is 1.98. The summed E-state index contributed by atoms with van der Waals surface area (Å²) in [5, 5.41) is 12.3. The highest BCUT2D eigenvalue weighted by Gasteiger charge is 2.41. The van der Waals surface area contributed by atoms with Crippen LogP contribution in [0.2, 0.25) is 10.2 Å². The van der Waals surface area contributed by atoms with Gasteiger partial charge in [0.2, 0.25) is 0 Å². The van der Waals surface area contributed by atoms with E-state index in [1.807, 2.05) is 0 Å². The van der Waals surface area contributed by atoms with E-state index < -0.39 is 0 Å². The van der Waals surface area contributed by atoms with Crippen molar-refractivity contribution in [2.24, 2.45) is 5.41 Å². The second kappa shape index (κ2) is 5.43. The van der Waals surface area contributed by atoms with E-state index >= 15 is 0 Å². The van der Waals surface area contributed by atoms with Gasteiger partial charge in [0.15, 0.2) is 0 Å². The van der Waals surface area contributed by atoms with Gasteiger partial charge in [0.1, 0.15) is 5.15 Å². The maximum atomic E-state index is 12.0. The highest BCUT2D eigenvalue weighted by Crippen LogP contribution is 2.47. The zero-order valence-corrected chi connectivity index (χ0v) is 11.3. The van der Waals surface area contributed by atoms with Gasteiger partial charge in [-0.05, 0) is 30.7 Å². The van der Waals surface area contributed by atoms with Crippen molar-refractivity contribution in [1.82, 2.24) is 10.3 Å². The number of halogens is 2. The van der Waals surface area contributed by atoms with E-state index in [2.05, 4.69) is 10.3 Å². The predicted molar refractivity (Wildman–Crippen MR) is 70.0 cm³/mol. The molecule has 1 amide bonds. The molecule has 1 fully saturated rings. The number of aromatic nitrogens is 1. The monoisotopic (exact) mass is 288 g/mol. The van der Waals surface area contributed by atoms with Gasteiger partial charge in [-0.15, -0.1) is 0 Å². The summed E-state index contributed by atoms with van der Waals surface area (Å²) in [6.45, 7) is 0.709. The number of aliphatic hydroxyl groups excluding tert-OH is 1. The van der Waals surface area contributed by atoms with Crippen molar-refractivity contribution < 1.29 is 9.90 Å². The third kappa shape index (κ3) is 3.13. The molecule has 1 aliphatic carbocycles. The molecule has 1 saturated carbocycles. The van der Waals surface area contributed by atoms with Crippen molar-refractivity contribution in [1.29, 1.82) is 0 Å². The van der Waals surface area contributed by atoms with Crippen LogP contribution in [0.1, 0.15) is 29.6 Å². The minimum atomic E-state index is -0.256. The van der Waals surface area contributed by atoms with Gasteiger partial charge in [0, 0.05) is 19.3 Å². The topological polar surface area (TPSA) is 62.2 Å². The van der Waals surface area contributed by atoms with Gasteiger partial charge in [0.05, 0.1) is 10.6 Å². The smallest absolute Gasteiger partial charge is 0.252 e. The van der Waals surface area contributed by atoms with Crippen molar-refractivity contribution in [2.45, 2.75) is 19.3 Å². The number of carbonyl (C=O) groups excluding carboxylic acids is 1. The van der Waals surface area contributed by atoms with Gasteiger partial charge in [-0.1, -0.05) is 23.2 Å². The lowest BCUT2D eigenvalue weighted by atomic mass is 10.0. The SMILES string of the molecule is O=C(NCC1(CCO)CC1)c1cc(Cl)ncc1Cl. The fourth-order valence-corrected chi connectivity index (χ4v) is 2.23. The molecule has 18 heavy (non-hydrogen) atoms. The molecule has 0 bridgehead atoms. The second-order valence-corrected chi connectivity index (χ2v) is 5.44. The first-order valence-corrected chi connectivity index (χ1v) is 6.52. The van der Waals surface area contributed by atoms with E-state index in [1.165, 1.54) is 12.3 Å². The summed E-state index contributed by atoms with van der Waals surface area (Å²) in [6.07, 6.45) is 4.16. The number of aliphatic hydroxyl groups is 1. The van der Waals surface area contributed by atoms with E-state index in [0.29, 0.717) is 12.1 Å². The number of nitrogens with one attached hydrogen (secondary N) is 1. The summed E-state index contributed by atoms with van der Waals surface area (Å²) in [4.78, 5) is 15.7. The summed E-state index contributed by atoms with van der Waals surface area (Å²) in [7, 11) is 0. The van der Waals surface area contributed by atoms with Crippen LogP contribution >= 0.6 is 23.2 Å². The first kappa shape index (κ1) is 13.6. The molecule has 98 valence electrons. The highest BCUT2D eigenvalue weighted by atomic mass is 35.5. The average Bonchev–Trinajstić information content (AvgIpc) is 3.10. The number of hydrogen-bond acceptors (Lipinski definition) is 3. The fourth-order valence-electron chi connectivity index (χ4n) is 1.88. The molecule has 2 N–H and O–H groups in total. The number of nitrogens with zero attached hydrogens (tertiary/aromatic N) is 1. The second-order valence-electron chi connectivity index (χ2n) is 4.64. The third-order valence-corrected chi connectivity index (χ3v) is 3.80. The Morgan fingerprint density at radius 3 is 2.83 bits per heavy atom. The number of amides is 1. The standard InChI is InChI=1S/C12H14Cl2N2O2/c13-9-6-15-10(14)5-8(9)11(18)16-7-12(1-2-12)3-4-17/h5-6,17H,1-4,7H2,(H,16,18). The van der Waals surface area contributed by atoms with Crippen LogP contribution in [-0.4, -0.2) is 29.1 Å². The Morgan fingerprint density at radius 1 is 1.50 bits per heavy atom. The molecule has 0 radical (unpaired) electrons. The van der Waals surface area contributed by atoms with E-state index in [1.54, 1.807) is 0 Å². The van der Waals surface area contributed by atoms with Crippen molar-refractivity contribution in [3.05, 3.63) is 28.0 Å². The molecule has 0 spiro atoms. The molecule has 0 atom stereocenters. The van der Waals surface area contributed by atoms with Crippen LogP contribution in [0.5, 0.6) is 0 Å². The Bertz CT molecular complexity index is 461. The molecule has 0 aliphatic heterocycles. The maximum Gasteiger partial charge on any atom is 0.252 e. The Hall–Kier alpha value is -0.840. The van der Waals surface area contributed by atoms with Gasteiger partial charge in [-0.3, -0.25) is 4.79 Å². The molecule has 1 aromatic heterocycles. The van der Waals surface area contributed by atoms with Crippen molar-refractivity contribution in [3.63, 3.8) is 0 Å². The van der Waals surface area contributed by atoms with Crippen molar-refractivity contribution in [3.8, 4) is 0 Å². The Labute approximate surface area is 115 Å². The third-order valence-electron chi connectivity index (χ3n) is 3.29. The molecule has 4 nitrogen and oxygen atoms in total. The molecule has 0 aromatic carbocycles. The molecule has 1 aliphatic rings. The summed E-state index contributed by atoms with van der Waals surface area (Å²) in [6, 6.07) is 1.45. The molecular weight excluding hydrogens is 275 g/mol. The molecule has 0 saturated heterocycles. The molecule has 0 unspecified atom stereocenters. The number of carbonyl (C=O) groups is 1. The number of rotatable bonds is 5. The van der Waals surface area contributed by atoms with Gasteiger partial charge in [-0.25, -0.2) is 4.98 Å². The van der Waals surface area contributed by atoms with E-state index in [-0.39, 0.29) is 28.1 Å². The van der Waals surface area contributed by atoms with Gasteiger partial charge in [0.25, 0.3) is 5.91 Å². The molecule has 1 aromatic rings. The van der Waals surface area contributed by atoms with Gasteiger partial charge < -0.3 is 10.4 Å². The highest BCUT2D eigenvalue weighted by molar-refractivity contribution is 6.35. The minimum absolute atomic E-state index is 0.0771. The first-order valence-electron chi connectivity index (χ1n) is 5.76. The largest absolute Gasteiger partial charge is 0.396 e. The van der Waals surface area contributed by atoms with Crippen LogP contribution in [0, 0.1) is 5.41 Å². The zero-order chi connectivity index (χ0) is 13.2. The molecule has 2 rings (SSSR count). The summed E-state index contributed by atoms with van der Waals surface area (Å²) in [5.41, 5.74) is 0.407. The van der Waals surface area contributed by atoms with E-state index in [4.69, 9.17) is 28.3 Å². The summed E-state index contributed by atoms with van der Waals surface area (Å²) >= 11 is 11.6. The van der Waals surface area contributed by atoms with Crippen LogP contribution in [0.3, 0.4) is 0 Å². The quantitative estimate of drug-likeness (QED) is 0.817. The lowest BCUT2D eigenvalue weighted by molar-refractivity contribution is 0.0941.